The van der Waals surface area contributed by atoms with E-state index in [1.54, 1.807) is 5.38 Å². The number of hydrogen-bond donors (Lipinski definition) is 1. The zero-order valence-corrected chi connectivity index (χ0v) is 16.6. The molecule has 0 aliphatic rings. The molecule has 1 N–H and O–H groups in total. The SMILES string of the molecule is CC(OC(=O)Cc1csc(-c2ccccc2)n1)C(=O)Nc1cccc(C(F)(F)F)c1. The number of nitrogens with zero attached hydrogens (tertiary/aromatic N) is 1. The van der Waals surface area contributed by atoms with Gasteiger partial charge in [0.05, 0.1) is 17.7 Å². The molecule has 3 rings (SSSR count). The first-order valence-electron chi connectivity index (χ1n) is 8.90. The summed E-state index contributed by atoms with van der Waals surface area (Å²) in [6, 6.07) is 13.7. The van der Waals surface area contributed by atoms with Gasteiger partial charge in [0, 0.05) is 16.6 Å². The molecule has 0 radical (unpaired) electrons. The predicted octanol–water partition coefficient (Wildman–Crippen LogP) is 4.94. The minimum atomic E-state index is -4.52. The van der Waals surface area contributed by atoms with Crippen molar-refractivity contribution in [1.82, 2.24) is 4.98 Å². The third kappa shape index (κ3) is 5.66. The summed E-state index contributed by atoms with van der Waals surface area (Å²) >= 11 is 1.38. The molecule has 3 aromatic rings. The van der Waals surface area contributed by atoms with E-state index in [1.807, 2.05) is 30.3 Å². The van der Waals surface area contributed by atoms with Gasteiger partial charge >= 0.3 is 12.1 Å². The van der Waals surface area contributed by atoms with E-state index < -0.39 is 29.7 Å². The largest absolute Gasteiger partial charge is 0.452 e. The molecule has 0 spiro atoms. The van der Waals surface area contributed by atoms with Crippen LogP contribution in [0.3, 0.4) is 0 Å². The summed E-state index contributed by atoms with van der Waals surface area (Å²) < 4.78 is 43.4. The van der Waals surface area contributed by atoms with Crippen LogP contribution in [0.2, 0.25) is 0 Å². The molecule has 2 aromatic carbocycles. The molecule has 1 atom stereocenters. The van der Waals surface area contributed by atoms with Crippen molar-refractivity contribution in [1.29, 1.82) is 0 Å². The van der Waals surface area contributed by atoms with Crippen molar-refractivity contribution in [3.8, 4) is 10.6 Å². The molecule has 1 heterocycles. The van der Waals surface area contributed by atoms with Gasteiger partial charge in [0.2, 0.25) is 0 Å². The van der Waals surface area contributed by atoms with E-state index in [4.69, 9.17) is 4.74 Å². The average Bonchev–Trinajstić information content (AvgIpc) is 3.16. The maximum absolute atomic E-state index is 12.8. The Morgan fingerprint density at radius 3 is 2.57 bits per heavy atom. The fourth-order valence-electron chi connectivity index (χ4n) is 2.56. The quantitative estimate of drug-likeness (QED) is 0.558. The minimum Gasteiger partial charge on any atom is -0.452 e. The van der Waals surface area contributed by atoms with E-state index in [0.717, 1.165) is 22.7 Å². The Bertz CT molecular complexity index is 1040. The molecule has 0 aliphatic heterocycles. The summed E-state index contributed by atoms with van der Waals surface area (Å²) in [6.45, 7) is 1.34. The van der Waals surface area contributed by atoms with E-state index in [9.17, 15) is 22.8 Å². The number of thiazole rings is 1. The van der Waals surface area contributed by atoms with Crippen LogP contribution in [0.4, 0.5) is 18.9 Å². The van der Waals surface area contributed by atoms with Crippen molar-refractivity contribution in [2.75, 3.05) is 5.32 Å². The number of halogens is 3. The summed E-state index contributed by atoms with van der Waals surface area (Å²) in [7, 11) is 0. The number of anilines is 1. The number of carbonyl (C=O) groups is 2. The Labute approximate surface area is 174 Å². The van der Waals surface area contributed by atoms with Crippen LogP contribution < -0.4 is 5.32 Å². The lowest BCUT2D eigenvalue weighted by atomic mass is 10.2. The zero-order chi connectivity index (χ0) is 21.7. The van der Waals surface area contributed by atoms with E-state index in [0.29, 0.717) is 5.69 Å². The monoisotopic (exact) mass is 434 g/mol. The van der Waals surface area contributed by atoms with Gasteiger partial charge in [0.1, 0.15) is 5.01 Å². The van der Waals surface area contributed by atoms with Gasteiger partial charge in [-0.2, -0.15) is 13.2 Å². The van der Waals surface area contributed by atoms with Crippen LogP contribution in [0.5, 0.6) is 0 Å². The van der Waals surface area contributed by atoms with Gasteiger partial charge in [-0.1, -0.05) is 36.4 Å². The number of rotatable bonds is 6. The molecule has 30 heavy (non-hydrogen) atoms. The number of alkyl halides is 3. The molecule has 9 heteroatoms. The van der Waals surface area contributed by atoms with Gasteiger partial charge in [-0.25, -0.2) is 4.98 Å². The summed E-state index contributed by atoms with van der Waals surface area (Å²) in [6.07, 6.45) is -5.82. The van der Waals surface area contributed by atoms with Crippen LogP contribution in [-0.2, 0) is 26.9 Å². The Hall–Kier alpha value is -3.20. The van der Waals surface area contributed by atoms with Crippen molar-refractivity contribution in [2.45, 2.75) is 25.6 Å². The number of carbonyl (C=O) groups excluding carboxylic acids is 2. The second kappa shape index (κ2) is 9.08. The third-order valence-corrected chi connectivity index (χ3v) is 4.97. The standard InChI is InChI=1S/C21H17F3N2O3S/c1-13(19(28)25-16-9-5-8-15(10-16)21(22,23)24)29-18(27)11-17-12-30-20(26-17)14-6-3-2-4-7-14/h2-10,12-13H,11H2,1H3,(H,25,28). The first kappa shape index (κ1) is 21.5. The fraction of sp³-hybridized carbons (Fsp3) is 0.190. The van der Waals surface area contributed by atoms with Gasteiger partial charge in [-0.05, 0) is 25.1 Å². The van der Waals surface area contributed by atoms with Crippen LogP contribution in [0.15, 0.2) is 60.0 Å². The van der Waals surface area contributed by atoms with E-state index >= 15 is 0 Å². The highest BCUT2D eigenvalue weighted by Gasteiger charge is 2.30. The molecule has 0 saturated heterocycles. The van der Waals surface area contributed by atoms with Crippen LogP contribution in [-0.4, -0.2) is 23.0 Å². The minimum absolute atomic E-state index is 0.0373. The Balaban J connectivity index is 1.55. The molecule has 5 nitrogen and oxygen atoms in total. The van der Waals surface area contributed by atoms with E-state index in [-0.39, 0.29) is 12.1 Å². The lowest BCUT2D eigenvalue weighted by molar-refractivity contribution is -0.152. The number of hydrogen-bond acceptors (Lipinski definition) is 5. The molecule has 1 aromatic heterocycles. The number of benzene rings is 2. The summed E-state index contributed by atoms with van der Waals surface area (Å²) in [5.41, 5.74) is 0.512. The molecule has 156 valence electrons. The topological polar surface area (TPSA) is 68.3 Å². The fourth-order valence-corrected chi connectivity index (χ4v) is 3.38. The van der Waals surface area contributed by atoms with Crippen molar-refractivity contribution in [3.05, 3.63) is 71.2 Å². The van der Waals surface area contributed by atoms with Crippen LogP contribution in [0.25, 0.3) is 10.6 Å². The van der Waals surface area contributed by atoms with Gasteiger partial charge in [0.15, 0.2) is 6.10 Å². The zero-order valence-electron chi connectivity index (χ0n) is 15.8. The van der Waals surface area contributed by atoms with Crippen LogP contribution in [0.1, 0.15) is 18.2 Å². The first-order valence-corrected chi connectivity index (χ1v) is 9.78. The third-order valence-electron chi connectivity index (χ3n) is 4.03. The normalized spacial score (nSPS) is 12.3. The number of aromatic nitrogens is 1. The Morgan fingerprint density at radius 2 is 1.87 bits per heavy atom. The van der Waals surface area contributed by atoms with Crippen molar-refractivity contribution in [3.63, 3.8) is 0 Å². The van der Waals surface area contributed by atoms with Crippen molar-refractivity contribution in [2.24, 2.45) is 0 Å². The molecule has 0 bridgehead atoms. The number of nitrogens with one attached hydrogen (secondary N) is 1. The van der Waals surface area contributed by atoms with Gasteiger partial charge in [-0.15, -0.1) is 11.3 Å². The maximum atomic E-state index is 12.8. The maximum Gasteiger partial charge on any atom is 0.416 e. The second-order valence-corrected chi connectivity index (χ2v) is 7.24. The highest BCUT2D eigenvalue weighted by atomic mass is 32.1. The van der Waals surface area contributed by atoms with Crippen molar-refractivity contribution >= 4 is 28.9 Å². The first-order chi connectivity index (χ1) is 14.2. The van der Waals surface area contributed by atoms with Gasteiger partial charge in [0.25, 0.3) is 5.91 Å². The second-order valence-electron chi connectivity index (χ2n) is 6.39. The number of esters is 1. The predicted molar refractivity (Wildman–Crippen MR) is 107 cm³/mol. The molecular weight excluding hydrogens is 417 g/mol. The smallest absolute Gasteiger partial charge is 0.416 e. The van der Waals surface area contributed by atoms with Gasteiger partial charge < -0.3 is 10.1 Å². The Kier molecular flexibility index (Phi) is 6.51. The van der Waals surface area contributed by atoms with E-state index in [2.05, 4.69) is 10.3 Å². The molecular formula is C21H17F3N2O3S. The number of ether oxygens (including phenoxy) is 1. The lowest BCUT2D eigenvalue weighted by Crippen LogP contribution is -2.30. The van der Waals surface area contributed by atoms with Crippen molar-refractivity contribution < 1.29 is 27.5 Å². The molecule has 0 fully saturated rings. The van der Waals surface area contributed by atoms with E-state index in [1.165, 1.54) is 30.4 Å². The molecule has 1 unspecified atom stereocenters. The number of amides is 1. The lowest BCUT2D eigenvalue weighted by Gasteiger charge is -2.14. The summed E-state index contributed by atoms with van der Waals surface area (Å²) in [5, 5.41) is 4.81. The van der Waals surface area contributed by atoms with Gasteiger partial charge in [-0.3, -0.25) is 9.59 Å². The molecule has 1 amide bonds. The van der Waals surface area contributed by atoms with Crippen LogP contribution >= 0.6 is 11.3 Å². The summed E-state index contributed by atoms with van der Waals surface area (Å²) in [4.78, 5) is 28.7. The molecule has 0 saturated carbocycles. The summed E-state index contributed by atoms with van der Waals surface area (Å²) in [5.74, 6) is -1.39. The highest BCUT2D eigenvalue weighted by molar-refractivity contribution is 7.13. The Morgan fingerprint density at radius 1 is 1.13 bits per heavy atom. The average molecular weight is 434 g/mol. The molecule has 0 aliphatic carbocycles. The van der Waals surface area contributed by atoms with Crippen LogP contribution in [0, 0.1) is 0 Å². The highest BCUT2D eigenvalue weighted by Crippen LogP contribution is 2.30.